The van der Waals surface area contributed by atoms with Crippen molar-refractivity contribution in [1.29, 1.82) is 0 Å². The van der Waals surface area contributed by atoms with Crippen LogP contribution in [0.3, 0.4) is 0 Å². The van der Waals surface area contributed by atoms with E-state index in [1.165, 1.54) is 4.88 Å². The maximum atomic E-state index is 13.0. The lowest BCUT2D eigenvalue weighted by Gasteiger charge is -2.30. The average molecular weight is 846 g/mol. The average Bonchev–Trinajstić information content (AvgIpc) is 3.79. The summed E-state index contributed by atoms with van der Waals surface area (Å²) in [6, 6.07) is 13.3. The Bertz CT molecular complexity index is 1430. The van der Waals surface area contributed by atoms with Gasteiger partial charge in [-0.1, -0.05) is 42.5 Å². The summed E-state index contributed by atoms with van der Waals surface area (Å²) in [5.41, 5.74) is 0.539. The third-order valence-corrected chi connectivity index (χ3v) is 12.7. The molecule has 55 heavy (non-hydrogen) atoms. The molecule has 4 aliphatic rings. The van der Waals surface area contributed by atoms with Crippen LogP contribution in [0.5, 0.6) is 0 Å². The highest BCUT2D eigenvalue weighted by molar-refractivity contribution is 9.11. The number of ether oxygens (including phenoxy) is 7. The first-order valence-electron chi connectivity index (χ1n) is 20.8. The maximum absolute atomic E-state index is 13.0. The highest BCUT2D eigenvalue weighted by Crippen LogP contribution is 2.42. The fourth-order valence-corrected chi connectivity index (χ4v) is 9.48. The van der Waals surface area contributed by atoms with Gasteiger partial charge in [0.05, 0.1) is 34.3 Å². The normalized spacial score (nSPS) is 28.8. The molecule has 4 unspecified atom stereocenters. The summed E-state index contributed by atoms with van der Waals surface area (Å²) in [6.07, 6.45) is 21.5. The number of unbranched alkanes of at least 4 members (excludes halogenated alkanes) is 1. The van der Waals surface area contributed by atoms with Gasteiger partial charge in [0.2, 0.25) is 0 Å². The molecule has 2 aromatic rings. The fourth-order valence-electron chi connectivity index (χ4n) is 7.98. The molecule has 4 heterocycles. The minimum Gasteiger partial charge on any atom is -0.456 e. The number of aryl methyl sites for hydroxylation is 1. The van der Waals surface area contributed by atoms with Gasteiger partial charge in [0.15, 0.2) is 18.9 Å². The van der Waals surface area contributed by atoms with Crippen LogP contribution in [0.15, 0.2) is 70.6 Å². The van der Waals surface area contributed by atoms with Crippen LogP contribution in [0.4, 0.5) is 0 Å². The number of hydrogen-bond acceptors (Lipinski definition) is 10. The van der Waals surface area contributed by atoms with Crippen LogP contribution >= 0.6 is 27.3 Å². The molecule has 3 saturated heterocycles. The number of allylic oxidation sites excluding steroid dienone is 2. The van der Waals surface area contributed by atoms with E-state index < -0.39 is 6.10 Å². The van der Waals surface area contributed by atoms with Gasteiger partial charge in [-0.05, 0) is 142 Å². The van der Waals surface area contributed by atoms with Crippen LogP contribution < -0.4 is 0 Å². The minimum absolute atomic E-state index is 0.0439. The van der Waals surface area contributed by atoms with Crippen LogP contribution in [0.1, 0.15) is 112 Å². The molecule has 0 amide bonds. The second-order valence-electron chi connectivity index (χ2n) is 15.3. The molecule has 6 rings (SSSR count). The van der Waals surface area contributed by atoms with Gasteiger partial charge < -0.3 is 38.3 Å². The SMILES string of the molecule is O=C(OC(CCC/C=C\C[C@@H]1[C@@H](/C=C/[C@H](O)CCc2ccc(Br)s2)[C@H](OC2CCCCO2)C[C@@H]1OC1CCCCO1)COC1CCCCO1)c1ccccc1. The number of aliphatic hydroxyl groups excluding tert-OH is 1. The van der Waals surface area contributed by atoms with E-state index in [0.717, 1.165) is 107 Å². The first kappa shape index (κ1) is 42.7. The van der Waals surface area contributed by atoms with E-state index in [1.54, 1.807) is 23.5 Å². The van der Waals surface area contributed by atoms with Crippen molar-refractivity contribution in [2.45, 2.75) is 146 Å². The molecule has 0 bridgehead atoms. The van der Waals surface area contributed by atoms with Gasteiger partial charge in [0.25, 0.3) is 0 Å². The quantitative estimate of drug-likeness (QED) is 0.0794. The Kier molecular flexibility index (Phi) is 18.2. The third kappa shape index (κ3) is 14.4. The summed E-state index contributed by atoms with van der Waals surface area (Å²) in [5.74, 6) is -0.131. The summed E-state index contributed by atoms with van der Waals surface area (Å²) >= 11 is 5.26. The molecule has 9 nitrogen and oxygen atoms in total. The Morgan fingerprint density at radius 1 is 0.855 bits per heavy atom. The molecule has 1 aliphatic carbocycles. The van der Waals surface area contributed by atoms with Gasteiger partial charge in [0, 0.05) is 37.0 Å². The predicted octanol–water partition coefficient (Wildman–Crippen LogP) is 9.71. The lowest BCUT2D eigenvalue weighted by Crippen LogP contribution is -2.31. The van der Waals surface area contributed by atoms with Gasteiger partial charge in [-0.2, -0.15) is 0 Å². The molecule has 1 aromatic heterocycles. The number of esters is 1. The standard InChI is InChI=1S/C44H61BrO9S/c45-40-26-24-35(55-40)23-21-33(46)22-25-37-36(38(53-42-19-9-12-28-49-42)30-39(37)54-43-20-10-13-29-50-43)17-7-2-1-6-16-34(31-51-41-18-8-11-27-48-41)52-44(47)32-14-4-3-5-15-32/h2-5,7,14-15,22,24-26,33-34,36-39,41-43,46H,1,6,8-13,16-21,23,27-31H2/b7-2-,25-22+/t33-,34?,36-,37-,38+,39-,41?,42?,43?/m1/s1. The number of halogens is 1. The van der Waals surface area contributed by atoms with E-state index in [4.69, 9.17) is 33.2 Å². The van der Waals surface area contributed by atoms with Gasteiger partial charge >= 0.3 is 5.97 Å². The molecule has 0 radical (unpaired) electrons. The summed E-state index contributed by atoms with van der Waals surface area (Å²) in [7, 11) is 0. The Morgan fingerprint density at radius 2 is 1.55 bits per heavy atom. The molecule has 3 aliphatic heterocycles. The third-order valence-electron chi connectivity index (χ3n) is 11.0. The Labute approximate surface area is 340 Å². The molecular weight excluding hydrogens is 784 g/mol. The molecule has 11 heteroatoms. The van der Waals surface area contributed by atoms with E-state index in [1.807, 2.05) is 24.3 Å². The minimum atomic E-state index is -0.553. The molecule has 9 atom stereocenters. The van der Waals surface area contributed by atoms with Gasteiger partial charge in [-0.25, -0.2) is 4.79 Å². The largest absolute Gasteiger partial charge is 0.456 e. The lowest BCUT2D eigenvalue weighted by atomic mass is 9.89. The topological polar surface area (TPSA) is 102 Å². The van der Waals surface area contributed by atoms with Gasteiger partial charge in [0.1, 0.15) is 6.10 Å². The van der Waals surface area contributed by atoms with Crippen LogP contribution in [0.2, 0.25) is 0 Å². The number of carbonyl (C=O) groups is 1. The van der Waals surface area contributed by atoms with Crippen LogP contribution in [-0.4, -0.2) is 80.8 Å². The van der Waals surface area contributed by atoms with Crippen molar-refractivity contribution in [3.63, 3.8) is 0 Å². The Hall–Kier alpha value is -1.93. The van der Waals surface area contributed by atoms with Crippen LogP contribution in [0.25, 0.3) is 0 Å². The van der Waals surface area contributed by atoms with E-state index in [9.17, 15) is 9.90 Å². The molecule has 4 fully saturated rings. The Morgan fingerprint density at radius 3 is 2.20 bits per heavy atom. The number of rotatable bonds is 20. The smallest absolute Gasteiger partial charge is 0.338 e. The second kappa shape index (κ2) is 23.5. The first-order chi connectivity index (χ1) is 27.0. The fraction of sp³-hybridized carbons (Fsp3) is 0.659. The summed E-state index contributed by atoms with van der Waals surface area (Å²) in [5, 5.41) is 11.1. The number of hydrogen-bond donors (Lipinski definition) is 1. The highest BCUT2D eigenvalue weighted by Gasteiger charge is 2.45. The van der Waals surface area contributed by atoms with Crippen molar-refractivity contribution in [3.8, 4) is 0 Å². The van der Waals surface area contributed by atoms with Crippen molar-refractivity contribution in [3.05, 3.63) is 81.0 Å². The number of thiophene rings is 1. The summed E-state index contributed by atoms with van der Waals surface area (Å²) in [4.78, 5) is 14.2. The second-order valence-corrected chi connectivity index (χ2v) is 17.8. The molecule has 1 saturated carbocycles. The van der Waals surface area contributed by atoms with E-state index >= 15 is 0 Å². The number of carbonyl (C=O) groups excluding carboxylic acids is 1. The van der Waals surface area contributed by atoms with E-state index in [2.05, 4.69) is 46.3 Å². The highest BCUT2D eigenvalue weighted by atomic mass is 79.9. The monoisotopic (exact) mass is 844 g/mol. The molecule has 0 spiro atoms. The van der Waals surface area contributed by atoms with Crippen molar-refractivity contribution >= 4 is 33.2 Å². The molecular formula is C44H61BrO9S. The molecule has 304 valence electrons. The van der Waals surface area contributed by atoms with Crippen molar-refractivity contribution in [2.75, 3.05) is 26.4 Å². The summed E-state index contributed by atoms with van der Waals surface area (Å²) in [6.45, 7) is 2.48. The zero-order valence-electron chi connectivity index (χ0n) is 32.2. The van der Waals surface area contributed by atoms with Crippen molar-refractivity contribution < 1.29 is 43.1 Å². The lowest BCUT2D eigenvalue weighted by molar-refractivity contribution is -0.203. The predicted molar refractivity (Wildman–Crippen MR) is 217 cm³/mol. The van der Waals surface area contributed by atoms with Crippen LogP contribution in [-0.2, 0) is 39.6 Å². The van der Waals surface area contributed by atoms with Gasteiger partial charge in [-0.15, -0.1) is 11.3 Å². The molecule has 1 N–H and O–H groups in total. The number of aliphatic hydroxyl groups is 1. The zero-order chi connectivity index (χ0) is 38.1. The first-order valence-corrected chi connectivity index (χ1v) is 22.4. The number of benzene rings is 1. The van der Waals surface area contributed by atoms with Crippen LogP contribution in [0, 0.1) is 11.8 Å². The molecule has 1 aromatic carbocycles. The van der Waals surface area contributed by atoms with Gasteiger partial charge in [-0.3, -0.25) is 0 Å². The Balaban J connectivity index is 1.08. The van der Waals surface area contributed by atoms with E-state index in [0.29, 0.717) is 31.6 Å². The zero-order valence-corrected chi connectivity index (χ0v) is 34.6. The van der Waals surface area contributed by atoms with Crippen molar-refractivity contribution in [2.24, 2.45) is 11.8 Å². The van der Waals surface area contributed by atoms with Crippen molar-refractivity contribution in [1.82, 2.24) is 0 Å². The maximum Gasteiger partial charge on any atom is 0.338 e. The summed E-state index contributed by atoms with van der Waals surface area (Å²) < 4.78 is 44.5. The van der Waals surface area contributed by atoms with E-state index in [-0.39, 0.29) is 55.0 Å².